The average molecular weight is 1180 g/mol. The molecule has 5 aromatic heterocycles. The van der Waals surface area contributed by atoms with Gasteiger partial charge in [-0.15, -0.1) is 0 Å². The monoisotopic (exact) mass is 1180 g/mol. The first-order chi connectivity index (χ1) is 37.4. The van der Waals surface area contributed by atoms with Crippen LogP contribution in [0.1, 0.15) is 228 Å². The Morgan fingerprint density at radius 3 is 1.43 bits per heavy atom. The lowest BCUT2D eigenvalue weighted by atomic mass is 9.92. The van der Waals surface area contributed by atoms with Crippen molar-refractivity contribution < 1.29 is 61.9 Å². The highest BCUT2D eigenvalue weighted by atomic mass is 19.4. The summed E-state index contributed by atoms with van der Waals surface area (Å²) < 4.78 is 178. The third-order valence-corrected chi connectivity index (χ3v) is 13.6. The number of rotatable bonds is 10. The maximum absolute atomic E-state index is 13.8. The fourth-order valence-corrected chi connectivity index (χ4v) is 9.85. The van der Waals surface area contributed by atoms with E-state index in [9.17, 15) is 61.9 Å². The summed E-state index contributed by atoms with van der Waals surface area (Å²) in [5.41, 5.74) is 1.94. The molecule has 0 radical (unpaired) electrons. The molecule has 0 spiro atoms. The number of aromatic nitrogens is 10. The van der Waals surface area contributed by atoms with E-state index in [1.807, 2.05) is 98.7 Å². The summed E-state index contributed by atoms with van der Waals surface area (Å²) in [7, 11) is 0. The van der Waals surface area contributed by atoms with Crippen LogP contribution in [0, 0.1) is 0 Å². The summed E-state index contributed by atoms with van der Waals surface area (Å²) in [6.45, 7) is 28.4. The summed E-state index contributed by atoms with van der Waals surface area (Å²) >= 11 is 0. The first-order valence-corrected chi connectivity index (χ1v) is 27.3. The first-order valence-electron chi connectivity index (χ1n) is 27.3. The molecule has 2 unspecified atom stereocenters. The van der Waals surface area contributed by atoms with Crippen LogP contribution in [0.3, 0.4) is 0 Å². The van der Waals surface area contributed by atoms with E-state index in [1.165, 1.54) is 16.3 Å². The van der Waals surface area contributed by atoms with Gasteiger partial charge in [0.2, 0.25) is 0 Å². The minimum Gasteiger partial charge on any atom is -0.299 e. The van der Waals surface area contributed by atoms with Crippen LogP contribution in [-0.2, 0) is 66.8 Å². The van der Waals surface area contributed by atoms with E-state index in [-0.39, 0.29) is 89.7 Å². The van der Waals surface area contributed by atoms with Gasteiger partial charge in [-0.05, 0) is 95.2 Å². The summed E-state index contributed by atoms with van der Waals surface area (Å²) in [6.07, 6.45) is -8.53. The molecule has 3 aliphatic carbocycles. The van der Waals surface area contributed by atoms with Crippen molar-refractivity contribution in [1.29, 1.82) is 0 Å². The van der Waals surface area contributed by atoms with Crippen molar-refractivity contribution in [3.8, 4) is 11.3 Å². The van der Waals surface area contributed by atoms with E-state index in [2.05, 4.69) is 25.5 Å². The number of benzene rings is 1. The predicted molar refractivity (Wildman–Crippen MR) is 288 cm³/mol. The van der Waals surface area contributed by atoms with Crippen LogP contribution in [0.4, 0.5) is 57.1 Å². The van der Waals surface area contributed by atoms with Gasteiger partial charge in [0.15, 0.2) is 0 Å². The SMILES string of the molecule is CC(C)n1nc(C(C)(C)C)cc1C(F)(F)F.CC(C)n1nc(C(C)(F)F)c2c1CC(=O)C2.CC(C)n1nc(C(C)(F)F)c2c1CC(F)(F)C2.CC(C)n1nc(C(F)F)c2c1CC(C)(F)C2.CC(F)c1cc(-c2ccccc2)nn1C(C)C. The molecule has 3 aliphatic rings. The molecule has 2 atom stereocenters. The molecule has 5 heterocycles. The van der Waals surface area contributed by atoms with Gasteiger partial charge in [-0.1, -0.05) is 51.1 Å². The molecule has 11 nitrogen and oxygen atoms in total. The third-order valence-electron chi connectivity index (χ3n) is 13.6. The van der Waals surface area contributed by atoms with Crippen LogP contribution in [0.2, 0.25) is 0 Å². The number of carbonyl (C=O) groups excluding carboxylic acids is 1. The number of hydrogen-bond acceptors (Lipinski definition) is 6. The molecule has 9 rings (SSSR count). The van der Waals surface area contributed by atoms with Gasteiger partial charge in [0, 0.05) is 115 Å². The van der Waals surface area contributed by atoms with Crippen molar-refractivity contribution in [3.63, 3.8) is 0 Å². The third kappa shape index (κ3) is 15.8. The molecule has 0 saturated carbocycles. The topological polar surface area (TPSA) is 106 Å². The quantitative estimate of drug-likeness (QED) is 0.127. The molecular weight excluding hydrogens is 1100 g/mol. The number of alkyl halides is 13. The number of halogens is 13. The summed E-state index contributed by atoms with van der Waals surface area (Å²) in [4.78, 5) is 11.3. The maximum Gasteiger partial charge on any atom is 0.433 e. The van der Waals surface area contributed by atoms with Gasteiger partial charge in [0.25, 0.3) is 24.2 Å². The largest absolute Gasteiger partial charge is 0.433 e. The van der Waals surface area contributed by atoms with Crippen LogP contribution in [0.15, 0.2) is 42.5 Å². The summed E-state index contributed by atoms with van der Waals surface area (Å²) in [6, 6.07) is 12.5. The average Bonchev–Trinajstić information content (AvgIpc) is 4.19. The number of ketones is 1. The Hall–Kier alpha value is -5.97. The summed E-state index contributed by atoms with van der Waals surface area (Å²) in [5, 5.41) is 20.2. The highest BCUT2D eigenvalue weighted by Gasteiger charge is 2.47. The Labute approximate surface area is 471 Å². The van der Waals surface area contributed by atoms with E-state index < -0.39 is 66.4 Å². The van der Waals surface area contributed by atoms with Gasteiger partial charge in [0.05, 0.1) is 29.2 Å². The van der Waals surface area contributed by atoms with E-state index in [4.69, 9.17) is 0 Å². The van der Waals surface area contributed by atoms with E-state index in [0.717, 1.165) is 28.9 Å². The molecule has 0 N–H and O–H groups in total. The Balaban J connectivity index is 0.000000188. The molecule has 0 fully saturated rings. The van der Waals surface area contributed by atoms with Crippen molar-refractivity contribution >= 4 is 5.78 Å². The zero-order valence-electron chi connectivity index (χ0n) is 49.6. The minimum atomic E-state index is -4.35. The van der Waals surface area contributed by atoms with E-state index in [1.54, 1.807) is 44.0 Å². The molecule has 82 heavy (non-hydrogen) atoms. The van der Waals surface area contributed by atoms with Gasteiger partial charge in [-0.25, -0.2) is 26.3 Å². The van der Waals surface area contributed by atoms with Gasteiger partial charge in [-0.3, -0.25) is 28.2 Å². The Morgan fingerprint density at radius 1 is 0.524 bits per heavy atom. The highest BCUT2D eigenvalue weighted by Crippen LogP contribution is 2.43. The maximum atomic E-state index is 13.8. The molecule has 0 aliphatic heterocycles. The van der Waals surface area contributed by atoms with Gasteiger partial charge < -0.3 is 0 Å². The summed E-state index contributed by atoms with van der Waals surface area (Å²) in [5.74, 6) is -9.09. The standard InChI is InChI=1S/C14H17FN2.C11H14F4N2.C11H15F3N2.C11H17F3N2.C11H14F2N2O/c1-10(2)17-14(11(3)15)9-13(16-17)12-7-5-4-6-8-12;1-6(2)17-8-5-11(14,15)4-7(8)9(16-17)10(3,12)13;1-6(2)16-8-5-11(3,14)4-7(8)9(15-16)10(12)13;1-7(2)16-9(11(12,13)14)6-8(15-16)10(3,4)5;1-6(2)15-9-5-7(16)4-8(9)10(14-15)11(3,12)13/h4-11H,1-3H3;6H,4-5H2,1-3H3;6,10H,4-5H2,1-3H3;6-7H,1-5H3;6H,4-5H2,1-3H3. The minimum absolute atomic E-state index is 0.00394. The number of carbonyl (C=O) groups is 1. The Kier molecular flexibility index (Phi) is 20.1. The molecule has 24 heteroatoms. The molecular formula is C58H77F13N10O. The second-order valence-electron chi connectivity index (χ2n) is 24.1. The molecule has 0 bridgehead atoms. The van der Waals surface area contributed by atoms with Gasteiger partial charge in [0.1, 0.15) is 40.4 Å². The Morgan fingerprint density at radius 2 is 1.00 bits per heavy atom. The van der Waals surface area contributed by atoms with Crippen LogP contribution in [-0.4, -0.2) is 66.3 Å². The smallest absolute Gasteiger partial charge is 0.299 e. The molecule has 0 amide bonds. The van der Waals surface area contributed by atoms with Gasteiger partial charge in [-0.2, -0.15) is 56.2 Å². The number of fused-ring (bicyclic) bond motifs is 3. The second-order valence-corrected chi connectivity index (χ2v) is 24.1. The van der Waals surface area contributed by atoms with E-state index >= 15 is 0 Å². The van der Waals surface area contributed by atoms with Crippen LogP contribution in [0.5, 0.6) is 0 Å². The van der Waals surface area contributed by atoms with Gasteiger partial charge >= 0.3 is 6.18 Å². The zero-order valence-corrected chi connectivity index (χ0v) is 49.6. The lowest BCUT2D eigenvalue weighted by molar-refractivity contribution is -0.144. The van der Waals surface area contributed by atoms with Crippen molar-refractivity contribution in [1.82, 2.24) is 48.9 Å². The van der Waals surface area contributed by atoms with Crippen LogP contribution >= 0.6 is 0 Å². The van der Waals surface area contributed by atoms with Crippen molar-refractivity contribution in [2.75, 3.05) is 0 Å². The normalized spacial score (nSPS) is 17.1. The van der Waals surface area contributed by atoms with Crippen LogP contribution < -0.4 is 0 Å². The number of nitrogens with zero attached hydrogens (tertiary/aromatic N) is 10. The molecule has 6 aromatic rings. The van der Waals surface area contributed by atoms with Crippen molar-refractivity contribution in [3.05, 3.63) is 110 Å². The number of hydrogen-bond donors (Lipinski definition) is 0. The first kappa shape index (κ1) is 66.8. The van der Waals surface area contributed by atoms with E-state index in [0.29, 0.717) is 40.8 Å². The van der Waals surface area contributed by atoms with Crippen LogP contribution in [0.25, 0.3) is 11.3 Å². The molecule has 0 saturated heterocycles. The predicted octanol–water partition coefficient (Wildman–Crippen LogP) is 16.7. The molecule has 456 valence electrons. The number of Topliss-reactive ketones (excluding diaryl/α,β-unsaturated/α-hetero) is 1. The fourth-order valence-electron chi connectivity index (χ4n) is 9.85. The zero-order chi connectivity index (χ0) is 62.3. The fraction of sp³-hybridized carbons (Fsp3) is 0.621. The second kappa shape index (κ2) is 24.7. The van der Waals surface area contributed by atoms with Crippen molar-refractivity contribution in [2.45, 2.75) is 234 Å². The van der Waals surface area contributed by atoms with Crippen molar-refractivity contribution in [2.24, 2.45) is 0 Å². The lowest BCUT2D eigenvalue weighted by Crippen LogP contribution is -2.20. The Bertz CT molecular complexity index is 3060. The molecule has 1 aromatic carbocycles. The lowest BCUT2D eigenvalue weighted by Gasteiger charge is -2.15. The highest BCUT2D eigenvalue weighted by molar-refractivity contribution is 5.87.